The number of benzene rings is 1. The highest BCUT2D eigenvalue weighted by molar-refractivity contribution is 5.23. The molecule has 20 heavy (non-hydrogen) atoms. The van der Waals surface area contributed by atoms with Crippen LogP contribution in [0.25, 0.3) is 0 Å². The second-order valence-corrected chi connectivity index (χ2v) is 5.57. The van der Waals surface area contributed by atoms with Crippen molar-refractivity contribution in [2.24, 2.45) is 12.8 Å². The summed E-state index contributed by atoms with van der Waals surface area (Å²) in [6.07, 6.45) is 4.92. The van der Waals surface area contributed by atoms with Gasteiger partial charge in [0.05, 0.1) is 6.20 Å². The number of rotatable bonds is 6. The van der Waals surface area contributed by atoms with E-state index in [-0.39, 0.29) is 6.04 Å². The summed E-state index contributed by atoms with van der Waals surface area (Å²) in [4.78, 5) is 2.28. The van der Waals surface area contributed by atoms with Crippen LogP contribution in [0.4, 0.5) is 0 Å². The first-order valence-electron chi connectivity index (χ1n) is 7.03. The van der Waals surface area contributed by atoms with Crippen LogP contribution in [0.3, 0.4) is 0 Å². The van der Waals surface area contributed by atoms with Crippen LogP contribution in [-0.2, 0) is 13.6 Å². The monoisotopic (exact) mass is 272 g/mol. The van der Waals surface area contributed by atoms with E-state index in [9.17, 15) is 0 Å². The molecule has 2 rings (SSSR count). The zero-order valence-corrected chi connectivity index (χ0v) is 12.6. The van der Waals surface area contributed by atoms with Crippen molar-refractivity contribution in [2.45, 2.75) is 25.9 Å². The van der Waals surface area contributed by atoms with E-state index in [0.29, 0.717) is 0 Å². The summed E-state index contributed by atoms with van der Waals surface area (Å²) in [6.45, 7) is 3.98. The lowest BCUT2D eigenvalue weighted by Crippen LogP contribution is -2.23. The highest BCUT2D eigenvalue weighted by atomic mass is 15.2. The summed E-state index contributed by atoms with van der Waals surface area (Å²) in [5, 5.41) is 4.19. The van der Waals surface area contributed by atoms with Gasteiger partial charge in [-0.25, -0.2) is 0 Å². The Hall–Kier alpha value is -1.65. The van der Waals surface area contributed by atoms with Crippen LogP contribution in [0.1, 0.15) is 29.2 Å². The Labute approximate surface area is 121 Å². The molecule has 0 radical (unpaired) electrons. The van der Waals surface area contributed by atoms with E-state index in [1.54, 1.807) is 0 Å². The van der Waals surface area contributed by atoms with Gasteiger partial charge in [0, 0.05) is 31.4 Å². The Kier molecular flexibility index (Phi) is 4.93. The van der Waals surface area contributed by atoms with E-state index in [2.05, 4.69) is 54.4 Å². The van der Waals surface area contributed by atoms with E-state index in [1.807, 2.05) is 17.9 Å². The summed E-state index contributed by atoms with van der Waals surface area (Å²) in [5.74, 6) is 0. The van der Waals surface area contributed by atoms with Crippen molar-refractivity contribution in [1.82, 2.24) is 14.7 Å². The van der Waals surface area contributed by atoms with Crippen LogP contribution < -0.4 is 5.73 Å². The van der Waals surface area contributed by atoms with Crippen LogP contribution in [0, 0.1) is 6.92 Å². The van der Waals surface area contributed by atoms with Gasteiger partial charge in [-0.1, -0.05) is 29.8 Å². The molecule has 0 aliphatic heterocycles. The molecule has 0 saturated carbocycles. The lowest BCUT2D eigenvalue weighted by atomic mass is 10.0. The van der Waals surface area contributed by atoms with Crippen LogP contribution >= 0.6 is 0 Å². The van der Waals surface area contributed by atoms with E-state index < -0.39 is 0 Å². The number of aromatic nitrogens is 2. The average Bonchev–Trinajstić information content (AvgIpc) is 2.82. The summed E-state index contributed by atoms with van der Waals surface area (Å²) < 4.78 is 1.83. The molecule has 1 atom stereocenters. The summed E-state index contributed by atoms with van der Waals surface area (Å²) in [5.41, 5.74) is 9.97. The average molecular weight is 272 g/mol. The maximum Gasteiger partial charge on any atom is 0.0534 e. The number of nitrogens with zero attached hydrogens (tertiary/aromatic N) is 3. The van der Waals surface area contributed by atoms with Crippen molar-refractivity contribution >= 4 is 0 Å². The molecule has 1 aromatic heterocycles. The fourth-order valence-corrected chi connectivity index (χ4v) is 2.28. The summed E-state index contributed by atoms with van der Waals surface area (Å²) in [6, 6.07) is 8.60. The van der Waals surface area contributed by atoms with E-state index in [4.69, 9.17) is 5.73 Å². The number of hydrogen-bond donors (Lipinski definition) is 1. The Morgan fingerprint density at radius 3 is 2.60 bits per heavy atom. The third kappa shape index (κ3) is 4.18. The van der Waals surface area contributed by atoms with Gasteiger partial charge in [-0.15, -0.1) is 0 Å². The Balaban J connectivity index is 1.80. The van der Waals surface area contributed by atoms with Crippen LogP contribution in [-0.4, -0.2) is 28.3 Å². The van der Waals surface area contributed by atoms with Gasteiger partial charge in [0.2, 0.25) is 0 Å². The summed E-state index contributed by atoms with van der Waals surface area (Å²) >= 11 is 0. The molecular weight excluding hydrogens is 248 g/mol. The highest BCUT2D eigenvalue weighted by Gasteiger charge is 2.08. The van der Waals surface area contributed by atoms with Gasteiger partial charge in [0.1, 0.15) is 0 Å². The first kappa shape index (κ1) is 14.8. The van der Waals surface area contributed by atoms with Crippen molar-refractivity contribution in [3.8, 4) is 0 Å². The van der Waals surface area contributed by atoms with Crippen molar-refractivity contribution in [2.75, 3.05) is 13.6 Å². The predicted molar refractivity (Wildman–Crippen MR) is 82.3 cm³/mol. The van der Waals surface area contributed by atoms with Crippen molar-refractivity contribution in [3.05, 3.63) is 53.3 Å². The maximum atomic E-state index is 6.25. The topological polar surface area (TPSA) is 47.1 Å². The van der Waals surface area contributed by atoms with Gasteiger partial charge >= 0.3 is 0 Å². The molecule has 0 aliphatic carbocycles. The molecule has 0 aliphatic rings. The van der Waals surface area contributed by atoms with E-state index in [0.717, 1.165) is 19.5 Å². The van der Waals surface area contributed by atoms with Crippen molar-refractivity contribution in [1.29, 1.82) is 0 Å². The van der Waals surface area contributed by atoms with E-state index in [1.165, 1.54) is 16.7 Å². The normalized spacial score (nSPS) is 12.8. The van der Waals surface area contributed by atoms with Crippen molar-refractivity contribution < 1.29 is 0 Å². The third-order valence-corrected chi connectivity index (χ3v) is 3.54. The standard InChI is InChI=1S/C16H24N4/c1-13-4-6-15(7-5-13)16(17)8-9-19(2)11-14-10-18-20(3)12-14/h4-7,10,12,16H,8-9,11,17H2,1-3H3. The highest BCUT2D eigenvalue weighted by Crippen LogP contribution is 2.15. The molecule has 1 unspecified atom stereocenters. The first-order valence-corrected chi connectivity index (χ1v) is 7.03. The Morgan fingerprint density at radius 1 is 1.30 bits per heavy atom. The second-order valence-electron chi connectivity index (χ2n) is 5.57. The zero-order valence-electron chi connectivity index (χ0n) is 12.6. The van der Waals surface area contributed by atoms with Gasteiger partial charge in [0.15, 0.2) is 0 Å². The van der Waals surface area contributed by atoms with Gasteiger partial charge in [-0.3, -0.25) is 4.68 Å². The van der Waals surface area contributed by atoms with Gasteiger partial charge in [0.25, 0.3) is 0 Å². The summed E-state index contributed by atoms with van der Waals surface area (Å²) in [7, 11) is 4.06. The SMILES string of the molecule is Cc1ccc(C(N)CCN(C)Cc2cnn(C)c2)cc1. The van der Waals surface area contributed by atoms with Gasteiger partial charge in [-0.05, 0) is 32.5 Å². The minimum Gasteiger partial charge on any atom is -0.324 e. The maximum absolute atomic E-state index is 6.25. The quantitative estimate of drug-likeness (QED) is 0.877. The predicted octanol–water partition coefficient (Wildman–Crippen LogP) is 2.25. The number of hydrogen-bond acceptors (Lipinski definition) is 3. The Morgan fingerprint density at radius 2 is 2.00 bits per heavy atom. The molecule has 0 bridgehead atoms. The van der Waals surface area contributed by atoms with Crippen LogP contribution in [0.15, 0.2) is 36.7 Å². The van der Waals surface area contributed by atoms with Gasteiger partial charge in [-0.2, -0.15) is 5.10 Å². The molecule has 0 fully saturated rings. The second kappa shape index (κ2) is 6.68. The van der Waals surface area contributed by atoms with Crippen LogP contribution in [0.2, 0.25) is 0 Å². The molecule has 2 N–H and O–H groups in total. The molecule has 108 valence electrons. The number of aryl methyl sites for hydroxylation is 2. The lowest BCUT2D eigenvalue weighted by molar-refractivity contribution is 0.311. The molecular formula is C16H24N4. The van der Waals surface area contributed by atoms with Crippen molar-refractivity contribution in [3.63, 3.8) is 0 Å². The fourth-order valence-electron chi connectivity index (χ4n) is 2.28. The first-order chi connectivity index (χ1) is 9.54. The molecule has 4 nitrogen and oxygen atoms in total. The largest absolute Gasteiger partial charge is 0.324 e. The zero-order chi connectivity index (χ0) is 14.5. The van der Waals surface area contributed by atoms with Gasteiger partial charge < -0.3 is 10.6 Å². The van der Waals surface area contributed by atoms with E-state index >= 15 is 0 Å². The molecule has 0 spiro atoms. The molecule has 1 heterocycles. The lowest BCUT2D eigenvalue weighted by Gasteiger charge is -2.19. The molecule has 0 amide bonds. The van der Waals surface area contributed by atoms with Crippen LogP contribution in [0.5, 0.6) is 0 Å². The third-order valence-electron chi connectivity index (χ3n) is 3.54. The minimum absolute atomic E-state index is 0.104. The Bertz CT molecular complexity index is 530. The minimum atomic E-state index is 0.104. The number of nitrogens with two attached hydrogens (primary N) is 1. The fraction of sp³-hybridized carbons (Fsp3) is 0.438. The smallest absolute Gasteiger partial charge is 0.0534 e. The molecule has 1 aromatic carbocycles. The molecule has 0 saturated heterocycles. The molecule has 4 heteroatoms. The molecule has 2 aromatic rings.